The number of hydrogen-bond acceptors (Lipinski definition) is 6. The lowest BCUT2D eigenvalue weighted by molar-refractivity contribution is -0.138. The second kappa shape index (κ2) is 12.6. The van der Waals surface area contributed by atoms with Crippen LogP contribution in [0, 0.1) is 11.7 Å². The number of carboxylic acids is 1. The average molecular weight is 562 g/mol. The Morgan fingerprint density at radius 3 is 2.31 bits per heavy atom. The van der Waals surface area contributed by atoms with Crippen LogP contribution in [0.1, 0.15) is 44.1 Å². The number of carboxylic acid groups (broad SMARTS) is 1. The monoisotopic (exact) mass is 561 g/mol. The molecule has 2 atom stereocenters. The molecule has 1 aliphatic carbocycles. The molecule has 1 saturated heterocycles. The summed E-state index contributed by atoms with van der Waals surface area (Å²) in [6.45, 7) is -0.413. The summed E-state index contributed by atoms with van der Waals surface area (Å²) in [7, 11) is -4.33. The molecular weight excluding hydrogens is 529 g/mol. The summed E-state index contributed by atoms with van der Waals surface area (Å²) in [5.74, 6) is -2.61. The highest BCUT2D eigenvalue weighted by atomic mass is 32.2. The van der Waals surface area contributed by atoms with Gasteiger partial charge in [-0.05, 0) is 48.6 Å². The van der Waals surface area contributed by atoms with Crippen molar-refractivity contribution in [3.05, 3.63) is 66.0 Å². The van der Waals surface area contributed by atoms with Crippen LogP contribution >= 0.6 is 0 Å². The number of aliphatic carboxylic acids is 1. The number of carbonyl (C=O) groups is 3. The van der Waals surface area contributed by atoms with E-state index in [1.807, 2.05) is 6.07 Å². The van der Waals surface area contributed by atoms with Crippen LogP contribution in [-0.4, -0.2) is 66.0 Å². The van der Waals surface area contributed by atoms with Crippen molar-refractivity contribution in [2.24, 2.45) is 5.92 Å². The summed E-state index contributed by atoms with van der Waals surface area (Å²) >= 11 is 0. The minimum atomic E-state index is -4.33. The van der Waals surface area contributed by atoms with Crippen molar-refractivity contribution in [2.45, 2.75) is 62.2 Å². The third kappa shape index (κ3) is 6.93. The Kier molecular flexibility index (Phi) is 9.18. The van der Waals surface area contributed by atoms with Gasteiger partial charge in [0.1, 0.15) is 12.4 Å². The summed E-state index contributed by atoms with van der Waals surface area (Å²) in [5, 5.41) is 12.2. The van der Waals surface area contributed by atoms with E-state index >= 15 is 0 Å². The molecule has 1 saturated carbocycles. The number of hydrogen-bond donors (Lipinski definition) is 2. The van der Waals surface area contributed by atoms with E-state index in [1.54, 1.807) is 24.3 Å². The van der Waals surface area contributed by atoms with E-state index in [4.69, 9.17) is 4.74 Å². The zero-order valence-corrected chi connectivity index (χ0v) is 22.2. The highest BCUT2D eigenvalue weighted by Gasteiger charge is 2.48. The maximum Gasteiger partial charge on any atom is 0.411 e. The maximum atomic E-state index is 13.7. The molecule has 1 heterocycles. The van der Waals surface area contributed by atoms with E-state index < -0.39 is 46.0 Å². The molecule has 12 heteroatoms. The van der Waals surface area contributed by atoms with Gasteiger partial charge in [0.25, 0.3) is 5.91 Å². The topological polar surface area (TPSA) is 133 Å². The molecule has 4 rings (SSSR count). The number of halogens is 1. The molecule has 2 unspecified atom stereocenters. The van der Waals surface area contributed by atoms with E-state index in [9.17, 15) is 32.3 Å². The van der Waals surface area contributed by atoms with Crippen molar-refractivity contribution < 1.29 is 37.0 Å². The van der Waals surface area contributed by atoms with Crippen LogP contribution in [-0.2, 0) is 31.0 Å². The molecule has 210 valence electrons. The number of nitrogens with zero attached hydrogens (tertiary/aromatic N) is 2. The molecule has 0 bridgehead atoms. The van der Waals surface area contributed by atoms with E-state index in [0.29, 0.717) is 5.56 Å². The first-order valence-electron chi connectivity index (χ1n) is 12.9. The van der Waals surface area contributed by atoms with E-state index in [0.717, 1.165) is 65.6 Å². The van der Waals surface area contributed by atoms with Crippen LogP contribution in [0.5, 0.6) is 0 Å². The zero-order valence-electron chi connectivity index (χ0n) is 21.4. The minimum Gasteiger partial charge on any atom is -0.481 e. The van der Waals surface area contributed by atoms with Crippen LogP contribution in [0.15, 0.2) is 59.5 Å². The average Bonchev–Trinajstić information content (AvgIpc) is 3.39. The standard InChI is InChI=1S/C27H32FN3O7S/c28-21-11-13-22(14-12-21)39(36,37)31-16-15-30(27(35)38-18-19-7-3-1-4-8-19)26(31)25(34)29-23(17-24(32)33)20-9-5-2-6-10-20/h1,3-4,7-8,11-14,20,23,26H,2,5-6,9-10,15-18H2,(H,29,34)(H,32,33). The van der Waals surface area contributed by atoms with Crippen LogP contribution < -0.4 is 5.32 Å². The van der Waals surface area contributed by atoms with Crippen molar-refractivity contribution in [3.8, 4) is 0 Å². The smallest absolute Gasteiger partial charge is 0.411 e. The molecule has 0 spiro atoms. The summed E-state index contributed by atoms with van der Waals surface area (Å²) in [6.07, 6.45) is 1.49. The lowest BCUT2D eigenvalue weighted by Crippen LogP contribution is -2.56. The molecule has 0 radical (unpaired) electrons. The van der Waals surface area contributed by atoms with Crippen LogP contribution in [0.2, 0.25) is 0 Å². The summed E-state index contributed by atoms with van der Waals surface area (Å²) < 4.78 is 46.8. The third-order valence-corrected chi connectivity index (χ3v) is 9.03. The number of ether oxygens (including phenoxy) is 1. The SMILES string of the molecule is O=C(O)CC(NC(=O)C1N(C(=O)OCc2ccccc2)CCN1S(=O)(=O)c1ccc(F)cc1)C1CCCCC1. The minimum absolute atomic E-state index is 0.0826. The first-order valence-corrected chi connectivity index (χ1v) is 14.4. The molecular formula is C27H32FN3O7S. The Bertz CT molecular complexity index is 1270. The highest BCUT2D eigenvalue weighted by molar-refractivity contribution is 7.89. The third-order valence-electron chi connectivity index (χ3n) is 7.16. The molecule has 1 aliphatic heterocycles. The number of carbonyl (C=O) groups excluding carboxylic acids is 2. The molecule has 2 aromatic rings. The molecule has 2 aromatic carbocycles. The van der Waals surface area contributed by atoms with Crippen molar-refractivity contribution in [1.29, 1.82) is 0 Å². The summed E-state index contributed by atoms with van der Waals surface area (Å²) in [4.78, 5) is 39.2. The van der Waals surface area contributed by atoms with Gasteiger partial charge in [-0.2, -0.15) is 4.31 Å². The Morgan fingerprint density at radius 2 is 1.67 bits per heavy atom. The molecule has 2 amide bonds. The van der Waals surface area contributed by atoms with Crippen molar-refractivity contribution in [2.75, 3.05) is 13.1 Å². The predicted molar refractivity (Wildman–Crippen MR) is 138 cm³/mol. The maximum absolute atomic E-state index is 13.7. The van der Waals surface area contributed by atoms with E-state index in [1.165, 1.54) is 0 Å². The number of rotatable bonds is 9. The van der Waals surface area contributed by atoms with Crippen LogP contribution in [0.25, 0.3) is 0 Å². The van der Waals surface area contributed by atoms with Gasteiger partial charge < -0.3 is 15.2 Å². The first-order chi connectivity index (χ1) is 18.7. The number of sulfonamides is 1. The Labute approximate surface area is 226 Å². The van der Waals surface area contributed by atoms with Gasteiger partial charge in [0.15, 0.2) is 6.17 Å². The fraction of sp³-hybridized carbons (Fsp3) is 0.444. The lowest BCUT2D eigenvalue weighted by atomic mass is 9.82. The van der Waals surface area contributed by atoms with Crippen molar-refractivity contribution >= 4 is 28.0 Å². The zero-order chi connectivity index (χ0) is 28.0. The van der Waals surface area contributed by atoms with Gasteiger partial charge in [0.05, 0.1) is 11.3 Å². The summed E-state index contributed by atoms with van der Waals surface area (Å²) in [6, 6.07) is 12.3. The molecule has 10 nitrogen and oxygen atoms in total. The van der Waals surface area contributed by atoms with Crippen molar-refractivity contribution in [1.82, 2.24) is 14.5 Å². The van der Waals surface area contributed by atoms with E-state index in [2.05, 4.69) is 5.32 Å². The molecule has 39 heavy (non-hydrogen) atoms. The van der Waals surface area contributed by atoms with Gasteiger partial charge in [0, 0.05) is 19.1 Å². The van der Waals surface area contributed by atoms with Crippen LogP contribution in [0.4, 0.5) is 9.18 Å². The molecule has 2 fully saturated rings. The number of benzene rings is 2. The van der Waals surface area contributed by atoms with Gasteiger partial charge in [-0.15, -0.1) is 0 Å². The highest BCUT2D eigenvalue weighted by Crippen LogP contribution is 2.30. The van der Waals surface area contributed by atoms with Crippen LogP contribution in [0.3, 0.4) is 0 Å². The van der Waals surface area contributed by atoms with Crippen molar-refractivity contribution in [3.63, 3.8) is 0 Å². The van der Waals surface area contributed by atoms with Gasteiger partial charge in [-0.1, -0.05) is 49.6 Å². The van der Waals surface area contributed by atoms with Gasteiger partial charge in [0.2, 0.25) is 10.0 Å². The summed E-state index contributed by atoms with van der Waals surface area (Å²) in [5.41, 5.74) is 0.709. The van der Waals surface area contributed by atoms with E-state index in [-0.39, 0.29) is 36.9 Å². The fourth-order valence-electron chi connectivity index (χ4n) is 5.18. The Balaban J connectivity index is 1.61. The largest absolute Gasteiger partial charge is 0.481 e. The Morgan fingerprint density at radius 1 is 1.00 bits per heavy atom. The number of amides is 2. The van der Waals surface area contributed by atoms with Gasteiger partial charge in [-0.3, -0.25) is 14.5 Å². The second-order valence-electron chi connectivity index (χ2n) is 9.79. The normalized spacial score (nSPS) is 19.4. The number of nitrogens with one attached hydrogen (secondary N) is 1. The predicted octanol–water partition coefficient (Wildman–Crippen LogP) is 3.33. The van der Waals surface area contributed by atoms with Gasteiger partial charge in [-0.25, -0.2) is 17.6 Å². The molecule has 2 aliphatic rings. The molecule has 0 aromatic heterocycles. The Hall–Kier alpha value is -3.51. The lowest BCUT2D eigenvalue weighted by Gasteiger charge is -2.33. The van der Waals surface area contributed by atoms with Gasteiger partial charge >= 0.3 is 12.1 Å². The quantitative estimate of drug-likeness (QED) is 0.480. The first kappa shape index (κ1) is 28.5. The molecule has 2 N–H and O–H groups in total. The fourth-order valence-corrected chi connectivity index (χ4v) is 6.73. The second-order valence-corrected chi connectivity index (χ2v) is 11.7.